The molecule has 1 aliphatic rings. The number of carbonyl (C=O) groups excluding carboxylic acids is 4. The number of benzene rings is 2. The van der Waals surface area contributed by atoms with Gasteiger partial charge in [-0.1, -0.05) is 42.5 Å². The molecular formula is C21H21N3O6. The lowest BCUT2D eigenvalue weighted by molar-refractivity contribution is -0.148. The van der Waals surface area contributed by atoms with E-state index in [1.54, 1.807) is 24.3 Å². The van der Waals surface area contributed by atoms with Gasteiger partial charge in [0.1, 0.15) is 5.75 Å². The van der Waals surface area contributed by atoms with Crippen LogP contribution in [0.2, 0.25) is 0 Å². The van der Waals surface area contributed by atoms with Crippen LogP contribution in [0.4, 0.5) is 10.5 Å². The number of amides is 4. The Kier molecular flexibility index (Phi) is 6.99. The van der Waals surface area contributed by atoms with Crippen LogP contribution >= 0.6 is 0 Å². The van der Waals surface area contributed by atoms with Gasteiger partial charge in [-0.25, -0.2) is 4.79 Å². The molecule has 0 bridgehead atoms. The van der Waals surface area contributed by atoms with E-state index in [9.17, 15) is 19.2 Å². The van der Waals surface area contributed by atoms with E-state index in [1.807, 2.05) is 30.3 Å². The minimum Gasteiger partial charge on any atom is -0.482 e. The van der Waals surface area contributed by atoms with Gasteiger partial charge in [0, 0.05) is 13.1 Å². The Bertz CT molecular complexity index is 931. The highest BCUT2D eigenvalue weighted by atomic mass is 16.5. The first-order chi connectivity index (χ1) is 14.5. The van der Waals surface area contributed by atoms with E-state index in [-0.39, 0.29) is 32.0 Å². The zero-order valence-electron chi connectivity index (χ0n) is 16.1. The molecule has 30 heavy (non-hydrogen) atoms. The second-order valence-electron chi connectivity index (χ2n) is 6.43. The van der Waals surface area contributed by atoms with Crippen molar-refractivity contribution in [1.82, 2.24) is 10.6 Å². The van der Waals surface area contributed by atoms with Crippen LogP contribution in [0.5, 0.6) is 5.75 Å². The third-order valence-electron chi connectivity index (χ3n) is 4.26. The monoisotopic (exact) mass is 411 g/mol. The number of rotatable bonds is 7. The van der Waals surface area contributed by atoms with E-state index in [2.05, 4.69) is 10.6 Å². The molecule has 0 spiro atoms. The molecule has 1 aliphatic heterocycles. The van der Waals surface area contributed by atoms with E-state index >= 15 is 0 Å². The van der Waals surface area contributed by atoms with Crippen LogP contribution in [0.25, 0.3) is 0 Å². The van der Waals surface area contributed by atoms with Crippen molar-refractivity contribution in [2.24, 2.45) is 0 Å². The van der Waals surface area contributed by atoms with Gasteiger partial charge >= 0.3 is 12.0 Å². The van der Waals surface area contributed by atoms with Gasteiger partial charge in [-0.2, -0.15) is 0 Å². The third kappa shape index (κ3) is 5.81. The number of urea groups is 1. The summed E-state index contributed by atoms with van der Waals surface area (Å²) in [5.41, 5.74) is 1.46. The van der Waals surface area contributed by atoms with Gasteiger partial charge in [0.15, 0.2) is 13.2 Å². The van der Waals surface area contributed by atoms with Gasteiger partial charge in [0.25, 0.3) is 11.8 Å². The maximum Gasteiger partial charge on any atom is 0.321 e. The maximum absolute atomic E-state index is 12.1. The maximum atomic E-state index is 12.1. The zero-order valence-corrected chi connectivity index (χ0v) is 16.1. The van der Waals surface area contributed by atoms with Crippen molar-refractivity contribution in [1.29, 1.82) is 0 Å². The van der Waals surface area contributed by atoms with E-state index in [4.69, 9.17) is 9.47 Å². The summed E-state index contributed by atoms with van der Waals surface area (Å²) in [6.07, 6.45) is -0.104. The van der Waals surface area contributed by atoms with Crippen LogP contribution in [0, 0.1) is 0 Å². The first-order valence-corrected chi connectivity index (χ1v) is 9.32. The predicted molar refractivity (Wildman–Crippen MR) is 107 cm³/mol. The standard InChI is InChI=1S/C21H21N3O6/c25-18(23-21(28)22-12-15-6-2-1-3-7-15)13-30-20(27)10-11-24-16-8-4-5-9-17(16)29-14-19(24)26/h1-9H,10-14H2,(H2,22,23,25,28). The Morgan fingerprint density at radius 2 is 1.77 bits per heavy atom. The smallest absolute Gasteiger partial charge is 0.321 e. The van der Waals surface area contributed by atoms with E-state index in [1.165, 1.54) is 4.90 Å². The van der Waals surface area contributed by atoms with Crippen molar-refractivity contribution < 1.29 is 28.7 Å². The first-order valence-electron chi connectivity index (χ1n) is 9.32. The minimum absolute atomic E-state index is 0.0945. The summed E-state index contributed by atoms with van der Waals surface area (Å²) in [5, 5.41) is 4.62. The predicted octanol–water partition coefficient (Wildman–Crippen LogP) is 1.37. The van der Waals surface area contributed by atoms with Gasteiger partial charge in [0.05, 0.1) is 12.1 Å². The molecule has 2 aromatic carbocycles. The average Bonchev–Trinajstić information content (AvgIpc) is 2.76. The third-order valence-corrected chi connectivity index (χ3v) is 4.26. The topological polar surface area (TPSA) is 114 Å². The van der Waals surface area contributed by atoms with Crippen LogP contribution in [-0.4, -0.2) is 43.6 Å². The van der Waals surface area contributed by atoms with Crippen LogP contribution in [0.3, 0.4) is 0 Å². The molecule has 0 atom stereocenters. The highest BCUT2D eigenvalue weighted by Crippen LogP contribution is 2.31. The average molecular weight is 411 g/mol. The van der Waals surface area contributed by atoms with Crippen molar-refractivity contribution in [3.05, 3.63) is 60.2 Å². The van der Waals surface area contributed by atoms with E-state index in [0.717, 1.165) is 5.56 Å². The minimum atomic E-state index is -0.748. The molecule has 2 aromatic rings. The summed E-state index contributed by atoms with van der Waals surface area (Å²) >= 11 is 0. The largest absolute Gasteiger partial charge is 0.482 e. The molecular weight excluding hydrogens is 390 g/mol. The zero-order chi connectivity index (χ0) is 21.3. The summed E-state index contributed by atoms with van der Waals surface area (Å²) < 4.78 is 10.2. The van der Waals surface area contributed by atoms with Gasteiger partial charge in [-0.05, 0) is 17.7 Å². The lowest BCUT2D eigenvalue weighted by Crippen LogP contribution is -2.41. The van der Waals surface area contributed by atoms with Crippen molar-refractivity contribution in [2.45, 2.75) is 13.0 Å². The number of nitrogens with zero attached hydrogens (tertiary/aromatic N) is 1. The number of nitrogens with one attached hydrogen (secondary N) is 2. The quantitative estimate of drug-likeness (QED) is 0.666. The summed E-state index contributed by atoms with van der Waals surface area (Å²) in [7, 11) is 0. The number of fused-ring (bicyclic) bond motifs is 1. The number of hydrogen-bond donors (Lipinski definition) is 2. The van der Waals surface area contributed by atoms with Gasteiger partial charge in [0.2, 0.25) is 0 Å². The van der Waals surface area contributed by atoms with Crippen molar-refractivity contribution in [2.75, 3.05) is 24.7 Å². The summed E-state index contributed by atoms with van der Waals surface area (Å²) in [4.78, 5) is 48.9. The van der Waals surface area contributed by atoms with Crippen molar-refractivity contribution in [3.8, 4) is 5.75 Å². The number of hydrogen-bond acceptors (Lipinski definition) is 6. The molecule has 3 rings (SSSR count). The molecule has 0 aromatic heterocycles. The molecule has 0 unspecified atom stereocenters. The molecule has 0 saturated heterocycles. The van der Waals surface area contributed by atoms with Crippen molar-refractivity contribution >= 4 is 29.5 Å². The molecule has 9 nitrogen and oxygen atoms in total. The Labute approximate surface area is 172 Å². The molecule has 9 heteroatoms. The molecule has 2 N–H and O–H groups in total. The van der Waals surface area contributed by atoms with Crippen molar-refractivity contribution in [3.63, 3.8) is 0 Å². The van der Waals surface area contributed by atoms with Crippen LogP contribution < -0.4 is 20.3 Å². The Morgan fingerprint density at radius 3 is 2.57 bits per heavy atom. The summed E-state index contributed by atoms with van der Waals surface area (Å²) in [6.45, 7) is -0.343. The molecule has 0 fully saturated rings. The number of esters is 1. The fourth-order valence-electron chi connectivity index (χ4n) is 2.81. The van der Waals surface area contributed by atoms with Gasteiger partial charge in [-0.3, -0.25) is 19.7 Å². The first kappa shape index (κ1) is 20.8. The number of imide groups is 1. The summed E-state index contributed by atoms with van der Waals surface area (Å²) in [6, 6.07) is 15.5. The van der Waals surface area contributed by atoms with E-state index < -0.39 is 24.5 Å². The van der Waals surface area contributed by atoms with Crippen LogP contribution in [-0.2, 0) is 25.7 Å². The Balaban J connectivity index is 1.38. The second kappa shape index (κ2) is 10.1. The number of anilines is 1. The lowest BCUT2D eigenvalue weighted by atomic mass is 10.2. The Hall–Kier alpha value is -3.88. The molecule has 0 aliphatic carbocycles. The number of ether oxygens (including phenoxy) is 2. The van der Waals surface area contributed by atoms with Crippen LogP contribution in [0.15, 0.2) is 54.6 Å². The lowest BCUT2D eigenvalue weighted by Gasteiger charge is -2.28. The fraction of sp³-hybridized carbons (Fsp3) is 0.238. The number of para-hydroxylation sites is 2. The summed E-state index contributed by atoms with van der Waals surface area (Å²) in [5.74, 6) is -1.12. The molecule has 4 amide bonds. The van der Waals surface area contributed by atoms with Gasteiger partial charge in [-0.15, -0.1) is 0 Å². The second-order valence-corrected chi connectivity index (χ2v) is 6.43. The number of carbonyl (C=O) groups is 4. The Morgan fingerprint density at radius 1 is 1.03 bits per heavy atom. The molecule has 1 heterocycles. The van der Waals surface area contributed by atoms with E-state index in [0.29, 0.717) is 11.4 Å². The fourth-order valence-corrected chi connectivity index (χ4v) is 2.81. The van der Waals surface area contributed by atoms with Gasteiger partial charge < -0.3 is 19.7 Å². The highest BCUT2D eigenvalue weighted by Gasteiger charge is 2.25. The molecule has 0 saturated carbocycles. The normalized spacial score (nSPS) is 12.4. The SMILES string of the molecule is O=C(COC(=O)CCN1C(=O)COc2ccccc21)NC(=O)NCc1ccccc1. The molecule has 156 valence electrons. The highest BCUT2D eigenvalue weighted by molar-refractivity contribution is 5.98. The van der Waals surface area contributed by atoms with Crippen LogP contribution in [0.1, 0.15) is 12.0 Å². The molecule has 0 radical (unpaired) electrons.